The second-order valence-corrected chi connectivity index (χ2v) is 6.05. The van der Waals surface area contributed by atoms with Crippen molar-refractivity contribution < 1.29 is 4.79 Å². The molecule has 0 spiro atoms. The Morgan fingerprint density at radius 1 is 1.08 bits per heavy atom. The van der Waals surface area contributed by atoms with Gasteiger partial charge in [-0.1, -0.05) is 42.5 Å². The first-order valence-corrected chi connectivity index (χ1v) is 8.08. The van der Waals surface area contributed by atoms with Gasteiger partial charge >= 0.3 is 0 Å². The summed E-state index contributed by atoms with van der Waals surface area (Å²) in [5.74, 6) is 0.491. The maximum absolute atomic E-state index is 12.8. The van der Waals surface area contributed by atoms with Crippen LogP contribution in [0.5, 0.6) is 0 Å². The van der Waals surface area contributed by atoms with E-state index in [9.17, 15) is 4.79 Å². The van der Waals surface area contributed by atoms with Gasteiger partial charge in [-0.15, -0.1) is 10.2 Å². The molecule has 6 nitrogen and oxygen atoms in total. The molecule has 0 saturated heterocycles. The topological polar surface area (TPSA) is 76.5 Å². The number of Topliss-reactive ketones (excluding diaryl/α,β-unsaturated/α-hetero) is 1. The van der Waals surface area contributed by atoms with Gasteiger partial charge in [0.2, 0.25) is 5.82 Å². The summed E-state index contributed by atoms with van der Waals surface area (Å²) in [5.41, 5.74) is 4.48. The largest absolute Gasteiger partial charge is 0.358 e. The molecule has 4 rings (SSSR count). The number of aromatic nitrogens is 5. The molecule has 1 N–H and O–H groups in total. The van der Waals surface area contributed by atoms with Crippen LogP contribution in [0.2, 0.25) is 0 Å². The van der Waals surface area contributed by atoms with Crippen molar-refractivity contribution in [3.05, 3.63) is 65.4 Å². The zero-order valence-corrected chi connectivity index (χ0v) is 14.0. The van der Waals surface area contributed by atoms with Crippen molar-refractivity contribution in [3.8, 4) is 11.4 Å². The van der Waals surface area contributed by atoms with E-state index in [1.807, 2.05) is 62.4 Å². The quantitative estimate of drug-likeness (QED) is 0.582. The second kappa shape index (κ2) is 5.98. The first-order chi connectivity index (χ1) is 12.1. The highest BCUT2D eigenvalue weighted by atomic mass is 16.1. The van der Waals surface area contributed by atoms with Gasteiger partial charge in [-0.05, 0) is 30.7 Å². The molecule has 0 aliphatic heterocycles. The Balaban J connectivity index is 1.63. The van der Waals surface area contributed by atoms with Crippen LogP contribution < -0.4 is 0 Å². The Morgan fingerprint density at radius 3 is 2.68 bits per heavy atom. The lowest BCUT2D eigenvalue weighted by atomic mass is 10.1. The van der Waals surface area contributed by atoms with Gasteiger partial charge in [0.05, 0.1) is 0 Å². The number of nitrogens with zero attached hydrogens (tertiary/aromatic N) is 4. The second-order valence-electron chi connectivity index (χ2n) is 6.05. The highest BCUT2D eigenvalue weighted by Gasteiger charge is 2.18. The maximum atomic E-state index is 12.8. The van der Waals surface area contributed by atoms with Gasteiger partial charge < -0.3 is 4.98 Å². The zero-order valence-electron chi connectivity index (χ0n) is 14.0. The molecule has 25 heavy (non-hydrogen) atoms. The van der Waals surface area contributed by atoms with Crippen molar-refractivity contribution in [2.75, 3.05) is 0 Å². The summed E-state index contributed by atoms with van der Waals surface area (Å²) in [4.78, 5) is 17.4. The van der Waals surface area contributed by atoms with E-state index < -0.39 is 0 Å². The average molecular weight is 331 g/mol. The van der Waals surface area contributed by atoms with Crippen LogP contribution in [0.15, 0.2) is 48.5 Å². The van der Waals surface area contributed by atoms with Crippen LogP contribution in [-0.2, 0) is 6.54 Å². The van der Waals surface area contributed by atoms with E-state index in [-0.39, 0.29) is 12.3 Å². The van der Waals surface area contributed by atoms with Crippen LogP contribution in [-0.4, -0.2) is 31.0 Å². The number of carbonyl (C=O) groups is 1. The summed E-state index contributed by atoms with van der Waals surface area (Å²) in [6, 6.07) is 15.6. The Labute approximate surface area is 144 Å². The lowest BCUT2D eigenvalue weighted by Gasteiger charge is -2.01. The van der Waals surface area contributed by atoms with Crippen LogP contribution in [0.1, 0.15) is 21.6 Å². The molecule has 0 aliphatic carbocycles. The predicted octanol–water partition coefficient (Wildman–Crippen LogP) is 3.32. The van der Waals surface area contributed by atoms with Crippen LogP contribution in [0.4, 0.5) is 0 Å². The molecule has 0 unspecified atom stereocenters. The van der Waals surface area contributed by atoms with E-state index in [0.29, 0.717) is 11.4 Å². The molecule has 4 aromatic rings. The number of hydrogen-bond donors (Lipinski definition) is 1. The number of carbonyl (C=O) groups excluding carboxylic acids is 1. The van der Waals surface area contributed by atoms with Crippen molar-refractivity contribution in [3.63, 3.8) is 0 Å². The van der Waals surface area contributed by atoms with E-state index in [1.54, 1.807) is 0 Å². The number of H-pyrrole nitrogens is 1. The third-order valence-corrected chi connectivity index (χ3v) is 4.30. The normalized spacial score (nSPS) is 11.1. The summed E-state index contributed by atoms with van der Waals surface area (Å²) in [5, 5.41) is 13.4. The van der Waals surface area contributed by atoms with E-state index in [4.69, 9.17) is 0 Å². The molecule has 0 amide bonds. The number of hydrogen-bond acceptors (Lipinski definition) is 4. The molecule has 0 fully saturated rings. The lowest BCUT2D eigenvalue weighted by molar-refractivity contribution is 0.0962. The number of tetrazole rings is 1. The molecule has 0 radical (unpaired) electrons. The van der Waals surface area contributed by atoms with Crippen LogP contribution in [0, 0.1) is 13.8 Å². The van der Waals surface area contributed by atoms with Crippen molar-refractivity contribution in [2.24, 2.45) is 0 Å². The molecule has 2 aromatic carbocycles. The standard InChI is InChI=1S/C19H17N5O/c1-12-7-3-4-8-14(12)19-21-23-24(22-19)11-17(25)18-13(2)20-16-10-6-5-9-15(16)18/h3-10,20H,11H2,1-2H3. The third kappa shape index (κ3) is 2.71. The van der Waals surface area contributed by atoms with Gasteiger partial charge in [0.1, 0.15) is 6.54 Å². The highest BCUT2D eigenvalue weighted by molar-refractivity contribution is 6.09. The summed E-state index contributed by atoms with van der Waals surface area (Å²) in [6.45, 7) is 3.96. The van der Waals surface area contributed by atoms with Crippen molar-refractivity contribution in [2.45, 2.75) is 20.4 Å². The first-order valence-electron chi connectivity index (χ1n) is 8.08. The molecule has 0 saturated carbocycles. The minimum atomic E-state index is -0.0383. The van der Waals surface area contributed by atoms with Crippen molar-refractivity contribution >= 4 is 16.7 Å². The third-order valence-electron chi connectivity index (χ3n) is 4.30. The van der Waals surface area contributed by atoms with Gasteiger partial charge in [0.15, 0.2) is 5.78 Å². The molecule has 0 bridgehead atoms. The van der Waals surface area contributed by atoms with E-state index in [1.165, 1.54) is 4.80 Å². The highest BCUT2D eigenvalue weighted by Crippen LogP contribution is 2.23. The monoisotopic (exact) mass is 331 g/mol. The summed E-state index contributed by atoms with van der Waals surface area (Å²) >= 11 is 0. The van der Waals surface area contributed by atoms with E-state index in [0.717, 1.165) is 27.7 Å². The predicted molar refractivity (Wildman–Crippen MR) is 95.4 cm³/mol. The molecule has 124 valence electrons. The SMILES string of the molecule is Cc1ccccc1-c1nnn(CC(=O)c2c(C)[nH]c3ccccc23)n1. The number of benzene rings is 2. The smallest absolute Gasteiger partial charge is 0.205 e. The fraction of sp³-hybridized carbons (Fsp3) is 0.158. The van der Waals surface area contributed by atoms with E-state index in [2.05, 4.69) is 20.4 Å². The van der Waals surface area contributed by atoms with Crippen molar-refractivity contribution in [1.82, 2.24) is 25.2 Å². The van der Waals surface area contributed by atoms with Gasteiger partial charge in [-0.2, -0.15) is 4.80 Å². The molecular weight excluding hydrogens is 314 g/mol. The fourth-order valence-electron chi connectivity index (χ4n) is 3.09. The van der Waals surface area contributed by atoms with Gasteiger partial charge in [0.25, 0.3) is 0 Å². The molecule has 0 atom stereocenters. The van der Waals surface area contributed by atoms with Crippen LogP contribution in [0.3, 0.4) is 0 Å². The lowest BCUT2D eigenvalue weighted by Crippen LogP contribution is -2.14. The number of aryl methyl sites for hydroxylation is 2. The Morgan fingerprint density at radius 2 is 1.84 bits per heavy atom. The van der Waals surface area contributed by atoms with E-state index >= 15 is 0 Å². The van der Waals surface area contributed by atoms with Crippen LogP contribution >= 0.6 is 0 Å². The summed E-state index contributed by atoms with van der Waals surface area (Å²) < 4.78 is 0. The maximum Gasteiger partial charge on any atom is 0.205 e. The number of ketones is 1. The summed E-state index contributed by atoms with van der Waals surface area (Å²) in [6.07, 6.45) is 0. The molecule has 6 heteroatoms. The number of nitrogens with one attached hydrogen (secondary N) is 1. The molecular formula is C19H17N5O. The summed E-state index contributed by atoms with van der Waals surface area (Å²) in [7, 11) is 0. The Kier molecular flexibility index (Phi) is 3.65. The molecule has 2 heterocycles. The number of para-hydroxylation sites is 1. The number of fused-ring (bicyclic) bond motifs is 1. The van der Waals surface area contributed by atoms with Gasteiger partial charge in [-0.3, -0.25) is 4.79 Å². The number of aromatic amines is 1. The Bertz CT molecular complexity index is 1080. The van der Waals surface area contributed by atoms with Crippen LogP contribution in [0.25, 0.3) is 22.3 Å². The van der Waals surface area contributed by atoms with Crippen molar-refractivity contribution in [1.29, 1.82) is 0 Å². The number of rotatable bonds is 4. The minimum absolute atomic E-state index is 0.0383. The average Bonchev–Trinajstić information content (AvgIpc) is 3.18. The first kappa shape index (κ1) is 15.3. The van der Waals surface area contributed by atoms with Gasteiger partial charge in [0, 0.05) is 27.7 Å². The minimum Gasteiger partial charge on any atom is -0.358 e. The van der Waals surface area contributed by atoms with Gasteiger partial charge in [-0.25, -0.2) is 0 Å². The fourth-order valence-corrected chi connectivity index (χ4v) is 3.09. The molecule has 0 aliphatic rings. The molecule has 2 aromatic heterocycles. The zero-order chi connectivity index (χ0) is 17.4. The Hall–Kier alpha value is -3.28.